The summed E-state index contributed by atoms with van der Waals surface area (Å²) in [6, 6.07) is 7.90. The average Bonchev–Trinajstić information content (AvgIpc) is 3.00. The Hall–Kier alpha value is -1.55. The fourth-order valence-electron chi connectivity index (χ4n) is 3.00. The SMILES string of the molecule is COc1ccccc1CC(C)(C)C(=O)NCCC1CCNC1. The summed E-state index contributed by atoms with van der Waals surface area (Å²) in [7, 11) is 1.67. The molecule has 1 aromatic rings. The van der Waals surface area contributed by atoms with Crippen LogP contribution in [-0.2, 0) is 11.2 Å². The van der Waals surface area contributed by atoms with Crippen molar-refractivity contribution in [3.05, 3.63) is 29.8 Å². The minimum absolute atomic E-state index is 0.115. The Morgan fingerprint density at radius 2 is 2.18 bits per heavy atom. The first-order chi connectivity index (χ1) is 10.5. The summed E-state index contributed by atoms with van der Waals surface area (Å²) in [5.41, 5.74) is 0.632. The smallest absolute Gasteiger partial charge is 0.225 e. The summed E-state index contributed by atoms with van der Waals surface area (Å²) >= 11 is 0. The van der Waals surface area contributed by atoms with Crippen LogP contribution in [0, 0.1) is 11.3 Å². The fraction of sp³-hybridized carbons (Fsp3) is 0.611. The molecule has 1 heterocycles. The highest BCUT2D eigenvalue weighted by Gasteiger charge is 2.29. The Balaban J connectivity index is 1.86. The van der Waals surface area contributed by atoms with Crippen molar-refractivity contribution in [3.8, 4) is 5.75 Å². The van der Waals surface area contributed by atoms with Gasteiger partial charge in [-0.15, -0.1) is 0 Å². The van der Waals surface area contributed by atoms with E-state index in [1.165, 1.54) is 6.42 Å². The molecule has 1 amide bonds. The molecule has 1 aliphatic rings. The second-order valence-electron chi connectivity index (χ2n) is 6.78. The molecule has 0 radical (unpaired) electrons. The van der Waals surface area contributed by atoms with E-state index in [0.717, 1.165) is 37.4 Å². The van der Waals surface area contributed by atoms with E-state index >= 15 is 0 Å². The van der Waals surface area contributed by atoms with Gasteiger partial charge in [0.15, 0.2) is 0 Å². The molecule has 0 aliphatic carbocycles. The molecule has 1 aromatic carbocycles. The van der Waals surface area contributed by atoms with Crippen molar-refractivity contribution < 1.29 is 9.53 Å². The summed E-state index contributed by atoms with van der Waals surface area (Å²) in [5.74, 6) is 1.67. The molecule has 0 spiro atoms. The predicted molar refractivity (Wildman–Crippen MR) is 89.1 cm³/mol. The monoisotopic (exact) mass is 304 g/mol. The highest BCUT2D eigenvalue weighted by Crippen LogP contribution is 2.28. The molecule has 1 saturated heterocycles. The Kier molecular flexibility index (Phi) is 5.83. The predicted octanol–water partition coefficient (Wildman–Crippen LogP) is 2.38. The standard InChI is InChI=1S/C18H28N2O2/c1-18(2,12-15-6-4-5-7-16(15)22-3)17(21)20-11-9-14-8-10-19-13-14/h4-7,14,19H,8-13H2,1-3H3,(H,20,21). The minimum atomic E-state index is -0.442. The number of carbonyl (C=O) groups is 1. The molecule has 1 unspecified atom stereocenters. The van der Waals surface area contributed by atoms with Crippen molar-refractivity contribution in [1.82, 2.24) is 10.6 Å². The zero-order chi connectivity index (χ0) is 16.0. The zero-order valence-corrected chi connectivity index (χ0v) is 13.9. The third-order valence-electron chi connectivity index (χ3n) is 4.44. The number of carbonyl (C=O) groups excluding carboxylic acids is 1. The fourth-order valence-corrected chi connectivity index (χ4v) is 3.00. The van der Waals surface area contributed by atoms with Crippen LogP contribution in [0.25, 0.3) is 0 Å². The van der Waals surface area contributed by atoms with E-state index in [0.29, 0.717) is 12.3 Å². The van der Waals surface area contributed by atoms with Gasteiger partial charge in [-0.25, -0.2) is 0 Å². The number of ether oxygens (including phenoxy) is 1. The number of para-hydroxylation sites is 1. The van der Waals surface area contributed by atoms with Gasteiger partial charge in [0.2, 0.25) is 5.91 Å². The van der Waals surface area contributed by atoms with Crippen LogP contribution in [-0.4, -0.2) is 32.7 Å². The van der Waals surface area contributed by atoms with Crippen molar-refractivity contribution >= 4 is 5.91 Å². The lowest BCUT2D eigenvalue weighted by molar-refractivity contribution is -0.129. The number of benzene rings is 1. The topological polar surface area (TPSA) is 50.4 Å². The van der Waals surface area contributed by atoms with Gasteiger partial charge in [0.05, 0.1) is 7.11 Å². The van der Waals surface area contributed by atoms with Crippen LogP contribution in [0.5, 0.6) is 5.75 Å². The van der Waals surface area contributed by atoms with E-state index in [4.69, 9.17) is 4.74 Å². The second kappa shape index (κ2) is 7.63. The summed E-state index contributed by atoms with van der Waals surface area (Å²) in [6.45, 7) is 6.94. The van der Waals surface area contributed by atoms with Gasteiger partial charge in [-0.1, -0.05) is 32.0 Å². The second-order valence-corrected chi connectivity index (χ2v) is 6.78. The van der Waals surface area contributed by atoms with Gasteiger partial charge in [0.25, 0.3) is 0 Å². The summed E-state index contributed by atoms with van der Waals surface area (Å²) in [5, 5.41) is 6.46. The molecule has 0 aromatic heterocycles. The minimum Gasteiger partial charge on any atom is -0.496 e. The van der Waals surface area contributed by atoms with Gasteiger partial charge < -0.3 is 15.4 Å². The first-order valence-corrected chi connectivity index (χ1v) is 8.14. The highest BCUT2D eigenvalue weighted by molar-refractivity contribution is 5.82. The third-order valence-corrected chi connectivity index (χ3v) is 4.44. The maximum absolute atomic E-state index is 12.5. The van der Waals surface area contributed by atoms with Gasteiger partial charge in [0.1, 0.15) is 5.75 Å². The van der Waals surface area contributed by atoms with E-state index in [1.807, 2.05) is 38.1 Å². The molecular formula is C18H28N2O2. The average molecular weight is 304 g/mol. The zero-order valence-electron chi connectivity index (χ0n) is 13.9. The molecule has 1 atom stereocenters. The number of hydrogen-bond acceptors (Lipinski definition) is 3. The van der Waals surface area contributed by atoms with Crippen LogP contribution in [0.2, 0.25) is 0 Å². The first kappa shape index (κ1) is 16.8. The van der Waals surface area contributed by atoms with Crippen LogP contribution in [0.4, 0.5) is 0 Å². The lowest BCUT2D eigenvalue weighted by atomic mass is 9.84. The number of nitrogens with one attached hydrogen (secondary N) is 2. The lowest BCUT2D eigenvalue weighted by Crippen LogP contribution is -2.39. The Morgan fingerprint density at radius 1 is 1.41 bits per heavy atom. The molecule has 0 bridgehead atoms. The van der Waals surface area contributed by atoms with E-state index in [2.05, 4.69) is 10.6 Å². The number of methoxy groups -OCH3 is 1. The van der Waals surface area contributed by atoms with Gasteiger partial charge in [-0.2, -0.15) is 0 Å². The molecule has 22 heavy (non-hydrogen) atoms. The van der Waals surface area contributed by atoms with Crippen molar-refractivity contribution in [2.45, 2.75) is 33.1 Å². The molecule has 1 fully saturated rings. The third kappa shape index (κ3) is 4.47. The molecule has 2 N–H and O–H groups in total. The molecule has 2 rings (SSSR count). The number of rotatable bonds is 7. The summed E-state index contributed by atoms with van der Waals surface area (Å²) < 4.78 is 5.38. The van der Waals surface area contributed by atoms with Crippen LogP contribution in [0.15, 0.2) is 24.3 Å². The number of amides is 1. The maximum atomic E-state index is 12.5. The van der Waals surface area contributed by atoms with Crippen molar-refractivity contribution in [3.63, 3.8) is 0 Å². The van der Waals surface area contributed by atoms with Crippen LogP contribution < -0.4 is 15.4 Å². The molecular weight excluding hydrogens is 276 g/mol. The van der Waals surface area contributed by atoms with E-state index in [1.54, 1.807) is 7.11 Å². The molecule has 0 saturated carbocycles. The molecule has 1 aliphatic heterocycles. The highest BCUT2D eigenvalue weighted by atomic mass is 16.5. The van der Waals surface area contributed by atoms with Crippen LogP contribution in [0.1, 0.15) is 32.3 Å². The molecule has 122 valence electrons. The van der Waals surface area contributed by atoms with Gasteiger partial charge >= 0.3 is 0 Å². The normalized spacial score (nSPS) is 18.2. The Morgan fingerprint density at radius 3 is 2.86 bits per heavy atom. The van der Waals surface area contributed by atoms with Gasteiger partial charge in [-0.05, 0) is 49.9 Å². The van der Waals surface area contributed by atoms with Crippen LogP contribution >= 0.6 is 0 Å². The molecule has 4 nitrogen and oxygen atoms in total. The van der Waals surface area contributed by atoms with E-state index in [-0.39, 0.29) is 5.91 Å². The van der Waals surface area contributed by atoms with Crippen molar-refractivity contribution in [2.75, 3.05) is 26.7 Å². The summed E-state index contributed by atoms with van der Waals surface area (Å²) in [4.78, 5) is 12.5. The van der Waals surface area contributed by atoms with Crippen molar-refractivity contribution in [1.29, 1.82) is 0 Å². The van der Waals surface area contributed by atoms with Gasteiger partial charge in [0, 0.05) is 12.0 Å². The lowest BCUT2D eigenvalue weighted by Gasteiger charge is -2.25. The van der Waals surface area contributed by atoms with E-state index < -0.39 is 5.41 Å². The molecule has 4 heteroatoms. The Bertz CT molecular complexity index is 494. The van der Waals surface area contributed by atoms with Crippen molar-refractivity contribution in [2.24, 2.45) is 11.3 Å². The van der Waals surface area contributed by atoms with Gasteiger partial charge in [-0.3, -0.25) is 4.79 Å². The first-order valence-electron chi connectivity index (χ1n) is 8.14. The van der Waals surface area contributed by atoms with Crippen LogP contribution in [0.3, 0.4) is 0 Å². The number of hydrogen-bond donors (Lipinski definition) is 2. The quantitative estimate of drug-likeness (QED) is 0.813. The van der Waals surface area contributed by atoms with E-state index in [9.17, 15) is 4.79 Å². The largest absolute Gasteiger partial charge is 0.496 e. The maximum Gasteiger partial charge on any atom is 0.225 e. The summed E-state index contributed by atoms with van der Waals surface area (Å²) in [6.07, 6.45) is 2.96. The Labute approximate surface area is 133 Å².